The predicted molar refractivity (Wildman–Crippen MR) is 114 cm³/mol. The van der Waals surface area contributed by atoms with Crippen LogP contribution in [0.3, 0.4) is 0 Å². The summed E-state index contributed by atoms with van der Waals surface area (Å²) < 4.78 is 0. The van der Waals surface area contributed by atoms with Crippen molar-refractivity contribution in [2.45, 2.75) is 0 Å². The first-order valence-corrected chi connectivity index (χ1v) is 9.12. The van der Waals surface area contributed by atoms with Crippen LogP contribution < -0.4 is 10.2 Å². The number of fused-ring (bicyclic) bond motifs is 1. The highest BCUT2D eigenvalue weighted by Gasteiger charge is 2.14. The molecule has 0 aliphatic carbocycles. The van der Waals surface area contributed by atoms with E-state index in [0.29, 0.717) is 28.2 Å². The molecule has 0 bridgehead atoms. The largest absolute Gasteiger partial charge is 0.378 e. The first kappa shape index (κ1) is 18.4. The van der Waals surface area contributed by atoms with Gasteiger partial charge in [0, 0.05) is 25.3 Å². The number of carbonyl (C=O) groups is 1. The number of nitrogens with zero attached hydrogens (tertiary/aromatic N) is 4. The molecule has 4 rings (SSSR count). The van der Waals surface area contributed by atoms with E-state index in [1.807, 2.05) is 67.5 Å². The van der Waals surface area contributed by atoms with Gasteiger partial charge in [-0.15, -0.1) is 0 Å². The highest BCUT2D eigenvalue weighted by Crippen LogP contribution is 2.19. The third-order valence-corrected chi connectivity index (χ3v) is 4.42. The highest BCUT2D eigenvalue weighted by molar-refractivity contribution is 6.01. The second kappa shape index (κ2) is 7.93. The molecule has 0 saturated carbocycles. The van der Waals surface area contributed by atoms with E-state index in [2.05, 4.69) is 25.3 Å². The van der Waals surface area contributed by atoms with E-state index in [4.69, 9.17) is 0 Å². The van der Waals surface area contributed by atoms with Crippen LogP contribution in [0.4, 0.5) is 5.69 Å². The molecular formula is C22H20N6O. The Kier molecular flexibility index (Phi) is 5.03. The molecule has 2 N–H and O–H groups in total. The maximum atomic E-state index is 12.7. The fraction of sp³-hybridized carbons (Fsp3) is 0.0909. The summed E-state index contributed by atoms with van der Waals surface area (Å²) in [6.45, 7) is 0. The van der Waals surface area contributed by atoms with Crippen LogP contribution in [0.25, 0.3) is 22.9 Å². The maximum absolute atomic E-state index is 12.7. The second-order valence-corrected chi connectivity index (χ2v) is 6.71. The van der Waals surface area contributed by atoms with Gasteiger partial charge in [-0.2, -0.15) is 0 Å². The lowest BCUT2D eigenvalue weighted by Gasteiger charge is -2.12. The number of carbonyl (C=O) groups excluding carboxylic acids is 1. The molecule has 2 heterocycles. The molecule has 2 aromatic carbocycles. The number of amides is 1. The summed E-state index contributed by atoms with van der Waals surface area (Å²) in [5.41, 5.74) is 4.39. The van der Waals surface area contributed by atoms with Crippen LogP contribution in [0.5, 0.6) is 0 Å². The molecule has 7 nitrogen and oxygen atoms in total. The molecule has 0 atom stereocenters. The van der Waals surface area contributed by atoms with Crippen molar-refractivity contribution in [1.82, 2.24) is 25.3 Å². The molecule has 0 spiro atoms. The number of aromatic nitrogens is 4. The molecular weight excluding hydrogens is 364 g/mol. The van der Waals surface area contributed by atoms with E-state index < -0.39 is 0 Å². The monoisotopic (exact) mass is 384 g/mol. The Hall–Kier alpha value is -4.00. The lowest BCUT2D eigenvalue weighted by molar-refractivity contribution is 0.0973. The van der Waals surface area contributed by atoms with Gasteiger partial charge >= 0.3 is 0 Å². The van der Waals surface area contributed by atoms with Gasteiger partial charge in [0.2, 0.25) is 0 Å². The van der Waals surface area contributed by atoms with Gasteiger partial charge in [-0.05, 0) is 35.9 Å². The van der Waals surface area contributed by atoms with Crippen LogP contribution in [-0.4, -0.2) is 39.9 Å². The van der Waals surface area contributed by atoms with E-state index in [1.165, 1.54) is 6.33 Å². The van der Waals surface area contributed by atoms with Crippen molar-refractivity contribution in [3.05, 3.63) is 84.1 Å². The van der Waals surface area contributed by atoms with Gasteiger partial charge in [0.25, 0.3) is 5.91 Å². The number of nitrogens with one attached hydrogen (secondary N) is 2. The van der Waals surface area contributed by atoms with E-state index in [-0.39, 0.29) is 5.91 Å². The number of hydrogen-bond donors (Lipinski definition) is 2. The Bertz CT molecular complexity index is 1130. The molecule has 1 amide bonds. The molecule has 0 fully saturated rings. The number of aromatic amines is 1. The smallest absolute Gasteiger partial charge is 0.255 e. The molecule has 2 aromatic heterocycles. The molecule has 0 aliphatic heterocycles. The van der Waals surface area contributed by atoms with Gasteiger partial charge in [-0.1, -0.05) is 30.3 Å². The number of hydrogen-bond acceptors (Lipinski definition) is 5. The summed E-state index contributed by atoms with van der Waals surface area (Å²) in [6, 6.07) is 17.1. The van der Waals surface area contributed by atoms with Crippen molar-refractivity contribution in [3.63, 3.8) is 0 Å². The molecule has 0 unspecified atom stereocenters. The van der Waals surface area contributed by atoms with Crippen LogP contribution in [0.1, 0.15) is 21.7 Å². The van der Waals surface area contributed by atoms with Gasteiger partial charge < -0.3 is 15.2 Å². The van der Waals surface area contributed by atoms with Crippen molar-refractivity contribution < 1.29 is 4.79 Å². The van der Waals surface area contributed by atoms with Crippen LogP contribution in [-0.2, 0) is 0 Å². The van der Waals surface area contributed by atoms with E-state index in [1.54, 1.807) is 18.3 Å². The summed E-state index contributed by atoms with van der Waals surface area (Å²) in [7, 11) is 3.98. The van der Waals surface area contributed by atoms with Crippen LogP contribution >= 0.6 is 0 Å². The average molecular weight is 384 g/mol. The standard InChI is InChI=1S/C22H20N6O/c1-28(2)17-10-8-15(9-11-17)12-18(26-22(29)16-6-4-3-5-7-16)21-25-19-13-23-14-24-20(19)27-21/h3-14H,1-2H3,(H,26,29)(H,23,24,25,27)/b18-12+. The molecule has 29 heavy (non-hydrogen) atoms. The van der Waals surface area contributed by atoms with E-state index >= 15 is 0 Å². The summed E-state index contributed by atoms with van der Waals surface area (Å²) in [4.78, 5) is 30.6. The minimum Gasteiger partial charge on any atom is -0.378 e. The highest BCUT2D eigenvalue weighted by atomic mass is 16.1. The summed E-state index contributed by atoms with van der Waals surface area (Å²) in [5.74, 6) is 0.301. The Morgan fingerprint density at radius 3 is 2.52 bits per heavy atom. The zero-order valence-electron chi connectivity index (χ0n) is 16.1. The normalized spacial score (nSPS) is 11.4. The molecule has 0 aliphatic rings. The summed E-state index contributed by atoms with van der Waals surface area (Å²) >= 11 is 0. The average Bonchev–Trinajstić information content (AvgIpc) is 3.18. The topological polar surface area (TPSA) is 86.8 Å². The van der Waals surface area contributed by atoms with Crippen LogP contribution in [0.2, 0.25) is 0 Å². The predicted octanol–water partition coefficient (Wildman–Crippen LogP) is 3.35. The third-order valence-electron chi connectivity index (χ3n) is 4.42. The number of benzene rings is 2. The third kappa shape index (κ3) is 4.14. The Labute approximate surface area is 168 Å². The van der Waals surface area contributed by atoms with Crippen molar-refractivity contribution in [1.29, 1.82) is 0 Å². The molecule has 4 aromatic rings. The van der Waals surface area contributed by atoms with Crippen molar-refractivity contribution in [2.24, 2.45) is 0 Å². The van der Waals surface area contributed by atoms with Crippen molar-refractivity contribution >= 4 is 34.5 Å². The van der Waals surface area contributed by atoms with Gasteiger partial charge in [-0.3, -0.25) is 4.79 Å². The zero-order valence-corrected chi connectivity index (χ0v) is 16.1. The lowest BCUT2D eigenvalue weighted by atomic mass is 10.1. The van der Waals surface area contributed by atoms with Gasteiger partial charge in [0.1, 0.15) is 11.8 Å². The minimum absolute atomic E-state index is 0.215. The van der Waals surface area contributed by atoms with E-state index in [9.17, 15) is 4.79 Å². The Balaban J connectivity index is 1.72. The number of anilines is 1. The SMILES string of the molecule is CN(C)c1ccc(/C=C(/NC(=O)c2ccccc2)c2nc3ncncc3[nH]2)cc1. The zero-order chi connectivity index (χ0) is 20.2. The summed E-state index contributed by atoms with van der Waals surface area (Å²) in [6.07, 6.45) is 4.98. The molecule has 0 saturated heterocycles. The van der Waals surface area contributed by atoms with Gasteiger partial charge in [0.05, 0.1) is 11.9 Å². The van der Waals surface area contributed by atoms with Gasteiger partial charge in [0.15, 0.2) is 11.5 Å². The van der Waals surface area contributed by atoms with Crippen molar-refractivity contribution in [3.8, 4) is 0 Å². The van der Waals surface area contributed by atoms with E-state index in [0.717, 1.165) is 11.3 Å². The number of imidazole rings is 1. The first-order chi connectivity index (χ1) is 14.1. The fourth-order valence-corrected chi connectivity index (χ4v) is 2.87. The Morgan fingerprint density at radius 1 is 1.07 bits per heavy atom. The first-order valence-electron chi connectivity index (χ1n) is 9.12. The fourth-order valence-electron chi connectivity index (χ4n) is 2.87. The number of H-pyrrole nitrogens is 1. The van der Waals surface area contributed by atoms with Gasteiger partial charge in [-0.25, -0.2) is 15.0 Å². The molecule has 144 valence electrons. The van der Waals surface area contributed by atoms with Crippen LogP contribution in [0.15, 0.2) is 67.1 Å². The number of rotatable bonds is 5. The Morgan fingerprint density at radius 2 is 1.83 bits per heavy atom. The summed E-state index contributed by atoms with van der Waals surface area (Å²) in [5, 5.41) is 2.97. The maximum Gasteiger partial charge on any atom is 0.255 e. The van der Waals surface area contributed by atoms with Crippen molar-refractivity contribution in [2.75, 3.05) is 19.0 Å². The second-order valence-electron chi connectivity index (χ2n) is 6.71. The van der Waals surface area contributed by atoms with Crippen LogP contribution in [0, 0.1) is 0 Å². The lowest BCUT2D eigenvalue weighted by Crippen LogP contribution is -2.22. The minimum atomic E-state index is -0.215. The molecule has 7 heteroatoms. The quantitative estimate of drug-likeness (QED) is 0.551. The molecule has 0 radical (unpaired) electrons.